The van der Waals surface area contributed by atoms with E-state index in [0.29, 0.717) is 19.6 Å². The molecule has 1 aromatic heterocycles. The van der Waals surface area contributed by atoms with Crippen molar-refractivity contribution in [2.45, 2.75) is 31.5 Å². The Labute approximate surface area is 189 Å². The van der Waals surface area contributed by atoms with Gasteiger partial charge in [0.05, 0.1) is 32.5 Å². The van der Waals surface area contributed by atoms with Gasteiger partial charge in [-0.2, -0.15) is 0 Å². The van der Waals surface area contributed by atoms with Gasteiger partial charge >= 0.3 is 0 Å². The second kappa shape index (κ2) is 14.5. The van der Waals surface area contributed by atoms with Crippen LogP contribution in [0.5, 0.6) is 5.88 Å². The monoisotopic (exact) mass is 446 g/mol. The fourth-order valence-corrected chi connectivity index (χ4v) is 3.08. The lowest BCUT2D eigenvalue weighted by Crippen LogP contribution is -2.30. The van der Waals surface area contributed by atoms with Gasteiger partial charge in [-0.1, -0.05) is 24.3 Å². The van der Waals surface area contributed by atoms with Crippen LogP contribution in [0.15, 0.2) is 42.6 Å². The molecule has 8 heteroatoms. The maximum Gasteiger partial charge on any atom is 0.210 e. The van der Waals surface area contributed by atoms with Crippen molar-refractivity contribution in [2.24, 2.45) is 0 Å². The van der Waals surface area contributed by atoms with E-state index in [0.717, 1.165) is 36.2 Å². The summed E-state index contributed by atoms with van der Waals surface area (Å²) in [6, 6.07) is 11.4. The minimum absolute atomic E-state index is 0.00712. The average Bonchev–Trinajstić information content (AvgIpc) is 2.82. The van der Waals surface area contributed by atoms with Crippen LogP contribution in [0, 0.1) is 0 Å². The lowest BCUT2D eigenvalue weighted by atomic mass is 10.1. The fourth-order valence-electron chi connectivity index (χ4n) is 3.08. The molecule has 2 aromatic rings. The highest BCUT2D eigenvalue weighted by Gasteiger charge is 2.09. The number of aromatic hydroxyl groups is 1. The SMILES string of the molecule is OCC(O)CCCCN(CCOCC(O)CO)c1ccc(/C=C/c2ccc(O)nc2)cc1. The molecule has 0 aliphatic heterocycles. The van der Waals surface area contributed by atoms with E-state index >= 15 is 0 Å². The molecule has 8 nitrogen and oxygen atoms in total. The van der Waals surface area contributed by atoms with Gasteiger partial charge in [0.1, 0.15) is 6.10 Å². The number of pyridine rings is 1. The molecular weight excluding hydrogens is 412 g/mol. The van der Waals surface area contributed by atoms with Crippen molar-refractivity contribution in [3.8, 4) is 5.88 Å². The molecule has 32 heavy (non-hydrogen) atoms. The van der Waals surface area contributed by atoms with Gasteiger partial charge in [-0.25, -0.2) is 4.98 Å². The van der Waals surface area contributed by atoms with Crippen LogP contribution in [0.1, 0.15) is 30.4 Å². The maximum absolute atomic E-state index is 9.52. The molecule has 5 N–H and O–H groups in total. The maximum atomic E-state index is 9.52. The van der Waals surface area contributed by atoms with E-state index in [1.54, 1.807) is 18.3 Å². The molecule has 2 atom stereocenters. The highest BCUT2D eigenvalue weighted by molar-refractivity contribution is 5.70. The summed E-state index contributed by atoms with van der Waals surface area (Å²) in [5, 5.41) is 46.0. The van der Waals surface area contributed by atoms with Gasteiger partial charge in [0.25, 0.3) is 0 Å². The molecule has 0 fully saturated rings. The van der Waals surface area contributed by atoms with Crippen molar-refractivity contribution < 1.29 is 30.3 Å². The van der Waals surface area contributed by atoms with Gasteiger partial charge < -0.3 is 35.2 Å². The van der Waals surface area contributed by atoms with Crippen LogP contribution in [-0.4, -0.2) is 82.2 Å². The smallest absolute Gasteiger partial charge is 0.210 e. The summed E-state index contributed by atoms with van der Waals surface area (Å²) in [7, 11) is 0. The summed E-state index contributed by atoms with van der Waals surface area (Å²) in [4.78, 5) is 6.03. The average molecular weight is 447 g/mol. The van der Waals surface area contributed by atoms with Gasteiger partial charge in [0, 0.05) is 31.0 Å². The zero-order chi connectivity index (χ0) is 23.2. The first-order valence-corrected chi connectivity index (χ1v) is 10.9. The number of hydrogen-bond acceptors (Lipinski definition) is 8. The summed E-state index contributed by atoms with van der Waals surface area (Å²) < 4.78 is 5.46. The Morgan fingerprint density at radius 1 is 0.875 bits per heavy atom. The third-order valence-electron chi connectivity index (χ3n) is 4.95. The first kappa shape index (κ1) is 25.8. The summed E-state index contributed by atoms with van der Waals surface area (Å²) in [5.41, 5.74) is 2.94. The van der Waals surface area contributed by atoms with Crippen LogP contribution >= 0.6 is 0 Å². The van der Waals surface area contributed by atoms with Crippen molar-refractivity contribution in [1.82, 2.24) is 4.98 Å². The number of aliphatic hydroxyl groups excluding tert-OH is 4. The number of aliphatic hydroxyl groups is 4. The number of ether oxygens (including phenoxy) is 1. The van der Waals surface area contributed by atoms with Crippen LogP contribution in [-0.2, 0) is 4.74 Å². The van der Waals surface area contributed by atoms with E-state index in [1.165, 1.54) is 0 Å². The van der Waals surface area contributed by atoms with Gasteiger partial charge in [0.2, 0.25) is 5.88 Å². The molecule has 0 aliphatic rings. The van der Waals surface area contributed by atoms with Crippen molar-refractivity contribution >= 4 is 17.8 Å². The lowest BCUT2D eigenvalue weighted by Gasteiger charge is -2.25. The van der Waals surface area contributed by atoms with E-state index in [2.05, 4.69) is 9.88 Å². The van der Waals surface area contributed by atoms with Crippen molar-refractivity contribution in [3.63, 3.8) is 0 Å². The predicted molar refractivity (Wildman–Crippen MR) is 124 cm³/mol. The second-order valence-corrected chi connectivity index (χ2v) is 7.61. The summed E-state index contributed by atoms with van der Waals surface area (Å²) in [6.07, 6.45) is 6.14. The first-order chi connectivity index (χ1) is 15.5. The Morgan fingerprint density at radius 3 is 2.22 bits per heavy atom. The first-order valence-electron chi connectivity index (χ1n) is 10.9. The van der Waals surface area contributed by atoms with Crippen LogP contribution in [0.2, 0.25) is 0 Å². The zero-order valence-corrected chi connectivity index (χ0v) is 18.3. The third kappa shape index (κ3) is 9.76. The largest absolute Gasteiger partial charge is 0.493 e. The molecule has 1 aromatic carbocycles. The minimum atomic E-state index is -0.877. The van der Waals surface area contributed by atoms with Crippen molar-refractivity contribution in [3.05, 3.63) is 53.7 Å². The molecule has 176 valence electrons. The molecule has 0 saturated carbocycles. The number of nitrogens with zero attached hydrogens (tertiary/aromatic N) is 2. The minimum Gasteiger partial charge on any atom is -0.493 e. The molecule has 0 amide bonds. The Morgan fingerprint density at radius 2 is 1.56 bits per heavy atom. The molecule has 1 heterocycles. The van der Waals surface area contributed by atoms with E-state index in [4.69, 9.17) is 14.9 Å². The van der Waals surface area contributed by atoms with E-state index in [9.17, 15) is 15.3 Å². The van der Waals surface area contributed by atoms with Crippen molar-refractivity contribution in [1.29, 1.82) is 0 Å². The Balaban J connectivity index is 1.95. The van der Waals surface area contributed by atoms with Gasteiger partial charge in [0.15, 0.2) is 0 Å². The quantitative estimate of drug-likeness (QED) is 0.262. The highest BCUT2D eigenvalue weighted by atomic mass is 16.5. The Bertz CT molecular complexity index is 764. The number of anilines is 1. The number of unbranched alkanes of at least 4 members (excludes halogenated alkanes) is 1. The normalized spacial score (nSPS) is 13.4. The molecular formula is C24H34N2O6. The third-order valence-corrected chi connectivity index (χ3v) is 4.95. The molecule has 2 rings (SSSR count). The number of rotatable bonds is 15. The number of hydrogen-bond donors (Lipinski definition) is 5. The fraction of sp³-hybridized carbons (Fsp3) is 0.458. The summed E-state index contributed by atoms with van der Waals surface area (Å²) >= 11 is 0. The van der Waals surface area contributed by atoms with Gasteiger partial charge in [-0.15, -0.1) is 0 Å². The molecule has 2 unspecified atom stereocenters. The molecule has 0 bridgehead atoms. The Hall–Kier alpha value is -2.49. The number of aromatic nitrogens is 1. The van der Waals surface area contributed by atoms with Crippen LogP contribution in [0.3, 0.4) is 0 Å². The molecule has 0 aliphatic carbocycles. The summed E-state index contributed by atoms with van der Waals surface area (Å²) in [6.45, 7) is 1.33. The predicted octanol–water partition coefficient (Wildman–Crippen LogP) is 1.66. The van der Waals surface area contributed by atoms with Crippen LogP contribution < -0.4 is 4.90 Å². The topological polar surface area (TPSA) is 127 Å². The second-order valence-electron chi connectivity index (χ2n) is 7.61. The Kier molecular flexibility index (Phi) is 11.7. The van der Waals surface area contributed by atoms with Crippen molar-refractivity contribution in [2.75, 3.05) is 44.4 Å². The van der Waals surface area contributed by atoms with E-state index in [1.807, 2.05) is 36.4 Å². The molecule has 0 radical (unpaired) electrons. The lowest BCUT2D eigenvalue weighted by molar-refractivity contribution is 0.00839. The van der Waals surface area contributed by atoms with Crippen LogP contribution in [0.25, 0.3) is 12.2 Å². The van der Waals surface area contributed by atoms with E-state index < -0.39 is 12.2 Å². The van der Waals surface area contributed by atoms with Gasteiger partial charge in [-0.3, -0.25) is 0 Å². The van der Waals surface area contributed by atoms with Gasteiger partial charge in [-0.05, 0) is 48.6 Å². The highest BCUT2D eigenvalue weighted by Crippen LogP contribution is 2.18. The van der Waals surface area contributed by atoms with Crippen LogP contribution in [0.4, 0.5) is 5.69 Å². The summed E-state index contributed by atoms with van der Waals surface area (Å²) in [5.74, 6) is -0.00712. The number of benzene rings is 1. The van der Waals surface area contributed by atoms with E-state index in [-0.39, 0.29) is 25.7 Å². The molecule has 0 saturated heterocycles. The zero-order valence-electron chi connectivity index (χ0n) is 18.3. The standard InChI is InChI=1S/C24H34N2O6/c27-16-22(29)3-1-2-12-26(13-14-32-18-23(30)17-28)21-9-6-19(7-10-21)4-5-20-8-11-24(31)25-15-20/h4-11,15,22-23,27-30H,1-3,12-14,16-18H2,(H,25,31)/b5-4+. The molecule has 0 spiro atoms.